The SMILES string of the molecule is Cn1cnc(N)c1S(=O)(=O)NCc1cncs1. The number of thiazole rings is 1. The molecule has 0 saturated heterocycles. The molecule has 0 radical (unpaired) electrons. The van der Waals surface area contributed by atoms with Crippen LogP contribution in [0.3, 0.4) is 0 Å². The maximum absolute atomic E-state index is 12.0. The molecule has 0 aliphatic rings. The van der Waals surface area contributed by atoms with E-state index in [2.05, 4.69) is 14.7 Å². The van der Waals surface area contributed by atoms with Crippen molar-refractivity contribution in [1.29, 1.82) is 0 Å². The van der Waals surface area contributed by atoms with E-state index in [-0.39, 0.29) is 17.4 Å². The van der Waals surface area contributed by atoms with Gasteiger partial charge in [0.05, 0.1) is 11.8 Å². The van der Waals surface area contributed by atoms with Gasteiger partial charge in [-0.05, 0) is 0 Å². The number of aryl methyl sites for hydroxylation is 1. The molecular formula is C8H11N5O2S2. The topological polar surface area (TPSA) is 103 Å². The fraction of sp³-hybridized carbons (Fsp3) is 0.250. The molecule has 0 amide bonds. The van der Waals surface area contributed by atoms with E-state index in [4.69, 9.17) is 5.73 Å². The number of hydrogen-bond donors (Lipinski definition) is 2. The summed E-state index contributed by atoms with van der Waals surface area (Å²) in [5.74, 6) is -0.00990. The normalized spacial score (nSPS) is 11.8. The van der Waals surface area contributed by atoms with E-state index in [1.165, 1.54) is 22.2 Å². The largest absolute Gasteiger partial charge is 0.381 e. The molecule has 0 bridgehead atoms. The lowest BCUT2D eigenvalue weighted by Crippen LogP contribution is -2.25. The van der Waals surface area contributed by atoms with Gasteiger partial charge in [0, 0.05) is 24.7 Å². The highest BCUT2D eigenvalue weighted by Gasteiger charge is 2.21. The van der Waals surface area contributed by atoms with Crippen molar-refractivity contribution >= 4 is 27.2 Å². The average Bonchev–Trinajstić information content (AvgIpc) is 2.86. The van der Waals surface area contributed by atoms with Gasteiger partial charge in [0.1, 0.15) is 0 Å². The number of nitrogen functional groups attached to an aromatic ring is 1. The monoisotopic (exact) mass is 273 g/mol. The number of sulfonamides is 1. The van der Waals surface area contributed by atoms with Crippen LogP contribution in [0.25, 0.3) is 0 Å². The second-order valence-electron chi connectivity index (χ2n) is 3.34. The molecule has 17 heavy (non-hydrogen) atoms. The number of imidazole rings is 1. The molecule has 9 heteroatoms. The highest BCUT2D eigenvalue weighted by Crippen LogP contribution is 2.16. The predicted molar refractivity (Wildman–Crippen MR) is 63.8 cm³/mol. The highest BCUT2D eigenvalue weighted by atomic mass is 32.2. The summed E-state index contributed by atoms with van der Waals surface area (Å²) in [6.07, 6.45) is 2.97. The Labute approximate surface area is 102 Å². The van der Waals surface area contributed by atoms with Gasteiger partial charge in [-0.2, -0.15) is 0 Å². The van der Waals surface area contributed by atoms with Crippen molar-refractivity contribution in [3.05, 3.63) is 22.9 Å². The summed E-state index contributed by atoms with van der Waals surface area (Å²) in [6.45, 7) is 0.192. The first-order chi connectivity index (χ1) is 8.00. The minimum absolute atomic E-state index is 0.00990. The molecule has 2 heterocycles. The Morgan fingerprint density at radius 1 is 1.59 bits per heavy atom. The maximum Gasteiger partial charge on any atom is 0.260 e. The van der Waals surface area contributed by atoms with Crippen LogP contribution in [0.5, 0.6) is 0 Å². The lowest BCUT2D eigenvalue weighted by Gasteiger charge is -2.06. The Hall–Kier alpha value is -1.45. The van der Waals surface area contributed by atoms with E-state index < -0.39 is 10.0 Å². The van der Waals surface area contributed by atoms with Crippen molar-refractivity contribution in [2.45, 2.75) is 11.6 Å². The van der Waals surface area contributed by atoms with Crippen LogP contribution < -0.4 is 10.5 Å². The Morgan fingerprint density at radius 3 is 2.88 bits per heavy atom. The standard InChI is InChI=1S/C8H11N5O2S2/c1-13-4-11-7(9)8(13)17(14,15)12-3-6-2-10-5-16-6/h2,4-5,12H,3,9H2,1H3. The molecule has 0 saturated carbocycles. The van der Waals surface area contributed by atoms with Gasteiger partial charge in [-0.3, -0.25) is 4.98 Å². The van der Waals surface area contributed by atoms with Gasteiger partial charge in [0.15, 0.2) is 10.8 Å². The van der Waals surface area contributed by atoms with Crippen LogP contribution in [0.15, 0.2) is 23.1 Å². The Bertz CT molecular complexity index is 582. The van der Waals surface area contributed by atoms with Crippen LogP contribution in [0, 0.1) is 0 Å². The van der Waals surface area contributed by atoms with Crippen LogP contribution in [0.1, 0.15) is 4.88 Å². The summed E-state index contributed by atoms with van der Waals surface area (Å²) in [6, 6.07) is 0. The van der Waals surface area contributed by atoms with Crippen LogP contribution >= 0.6 is 11.3 Å². The third kappa shape index (κ3) is 2.46. The Morgan fingerprint density at radius 2 is 2.35 bits per heavy atom. The van der Waals surface area contributed by atoms with Gasteiger partial charge in [-0.15, -0.1) is 11.3 Å². The Balaban J connectivity index is 2.20. The zero-order valence-corrected chi connectivity index (χ0v) is 10.6. The molecule has 2 aromatic rings. The number of rotatable bonds is 4. The van der Waals surface area contributed by atoms with Gasteiger partial charge >= 0.3 is 0 Å². The molecule has 0 spiro atoms. The quantitative estimate of drug-likeness (QED) is 0.812. The minimum Gasteiger partial charge on any atom is -0.381 e. The molecule has 2 rings (SSSR count). The van der Waals surface area contributed by atoms with Gasteiger partial charge in [0.25, 0.3) is 10.0 Å². The number of nitrogens with two attached hydrogens (primary N) is 1. The van der Waals surface area contributed by atoms with Crippen molar-refractivity contribution in [2.75, 3.05) is 5.73 Å². The zero-order valence-electron chi connectivity index (χ0n) is 8.99. The molecule has 0 aromatic carbocycles. The summed E-state index contributed by atoms with van der Waals surface area (Å²) in [4.78, 5) is 8.43. The average molecular weight is 273 g/mol. The van der Waals surface area contributed by atoms with E-state index in [0.29, 0.717) is 0 Å². The lowest BCUT2D eigenvalue weighted by molar-refractivity contribution is 0.572. The van der Waals surface area contributed by atoms with Gasteiger partial charge in [-0.25, -0.2) is 18.1 Å². The molecule has 92 valence electrons. The number of aromatic nitrogens is 3. The van der Waals surface area contributed by atoms with Crippen molar-refractivity contribution in [3.63, 3.8) is 0 Å². The van der Waals surface area contributed by atoms with Gasteiger partial charge in [0.2, 0.25) is 0 Å². The zero-order chi connectivity index (χ0) is 12.5. The first-order valence-corrected chi connectivity index (χ1v) is 7.01. The first-order valence-electron chi connectivity index (χ1n) is 4.64. The number of nitrogens with zero attached hydrogens (tertiary/aromatic N) is 3. The smallest absolute Gasteiger partial charge is 0.260 e. The van der Waals surface area contributed by atoms with Crippen LogP contribution in [-0.4, -0.2) is 23.0 Å². The highest BCUT2D eigenvalue weighted by molar-refractivity contribution is 7.89. The molecule has 2 aromatic heterocycles. The first kappa shape index (κ1) is 12.0. The molecule has 0 fully saturated rings. The number of anilines is 1. The van der Waals surface area contributed by atoms with E-state index in [0.717, 1.165) is 4.88 Å². The maximum atomic E-state index is 12.0. The predicted octanol–water partition coefficient (Wildman–Crippen LogP) is -0.0627. The third-order valence-electron chi connectivity index (χ3n) is 2.08. The summed E-state index contributed by atoms with van der Waals surface area (Å²) in [7, 11) is -2.08. The number of nitrogens with one attached hydrogen (secondary N) is 1. The summed E-state index contributed by atoms with van der Waals surface area (Å²) in [5, 5.41) is -0.0259. The molecule has 3 N–H and O–H groups in total. The second kappa shape index (κ2) is 4.43. The summed E-state index contributed by atoms with van der Waals surface area (Å²) in [5.41, 5.74) is 7.16. The second-order valence-corrected chi connectivity index (χ2v) is 5.99. The molecule has 0 unspecified atom stereocenters. The van der Waals surface area contributed by atoms with Crippen LogP contribution in [-0.2, 0) is 23.6 Å². The van der Waals surface area contributed by atoms with E-state index in [1.807, 2.05) is 0 Å². The van der Waals surface area contributed by atoms with Crippen molar-refractivity contribution < 1.29 is 8.42 Å². The van der Waals surface area contributed by atoms with Crippen LogP contribution in [0.2, 0.25) is 0 Å². The van der Waals surface area contributed by atoms with E-state index in [1.54, 1.807) is 18.8 Å². The van der Waals surface area contributed by atoms with E-state index in [9.17, 15) is 8.42 Å². The van der Waals surface area contributed by atoms with Crippen molar-refractivity contribution in [3.8, 4) is 0 Å². The fourth-order valence-electron chi connectivity index (χ4n) is 1.33. The molecule has 7 nitrogen and oxygen atoms in total. The number of hydrogen-bond acceptors (Lipinski definition) is 6. The third-order valence-corrected chi connectivity index (χ3v) is 4.39. The minimum atomic E-state index is -3.65. The van der Waals surface area contributed by atoms with Crippen LogP contribution in [0.4, 0.5) is 5.82 Å². The molecule has 0 atom stereocenters. The molecule has 0 aliphatic carbocycles. The molecule has 0 aliphatic heterocycles. The fourth-order valence-corrected chi connectivity index (χ4v) is 3.19. The van der Waals surface area contributed by atoms with Crippen molar-refractivity contribution in [1.82, 2.24) is 19.3 Å². The van der Waals surface area contributed by atoms with Gasteiger partial charge in [-0.1, -0.05) is 0 Å². The van der Waals surface area contributed by atoms with E-state index >= 15 is 0 Å². The van der Waals surface area contributed by atoms with Gasteiger partial charge < -0.3 is 10.3 Å². The van der Waals surface area contributed by atoms with Crippen molar-refractivity contribution in [2.24, 2.45) is 7.05 Å². The lowest BCUT2D eigenvalue weighted by atomic mass is 10.6. The summed E-state index contributed by atoms with van der Waals surface area (Å²) >= 11 is 1.38. The Kier molecular flexibility index (Phi) is 3.13. The summed E-state index contributed by atoms with van der Waals surface area (Å²) < 4.78 is 27.7. The molecular weight excluding hydrogens is 262 g/mol.